The zero-order chi connectivity index (χ0) is 17.8. The van der Waals surface area contributed by atoms with Crippen LogP contribution in [0.25, 0.3) is 0 Å². The lowest BCUT2D eigenvalue weighted by Gasteiger charge is -2.45. The Balaban J connectivity index is 1.63. The van der Waals surface area contributed by atoms with E-state index in [1.54, 1.807) is 19.0 Å². The predicted molar refractivity (Wildman–Crippen MR) is 95.4 cm³/mol. The highest BCUT2D eigenvalue weighted by Gasteiger charge is 2.38. The lowest BCUT2D eigenvalue weighted by atomic mass is 9.93. The summed E-state index contributed by atoms with van der Waals surface area (Å²) >= 11 is 0. The smallest absolute Gasteiger partial charge is 0.224 e. The number of aliphatic hydroxyl groups is 1. The monoisotopic (exact) mass is 354 g/mol. The molecule has 3 rings (SSSR count). The van der Waals surface area contributed by atoms with Gasteiger partial charge < -0.3 is 19.5 Å². The van der Waals surface area contributed by atoms with Crippen molar-refractivity contribution in [2.75, 3.05) is 40.4 Å². The van der Waals surface area contributed by atoms with E-state index in [2.05, 4.69) is 4.90 Å². The maximum absolute atomic E-state index is 12.0. The fourth-order valence-corrected chi connectivity index (χ4v) is 4.56. The second-order valence-corrected chi connectivity index (χ2v) is 8.23. The van der Waals surface area contributed by atoms with Crippen LogP contribution in [0.2, 0.25) is 0 Å². The number of β-amino-alcohol motifs (C(OH)–C–C–N with tert-alkyl or cyclic N) is 1. The van der Waals surface area contributed by atoms with Crippen LogP contribution in [0.5, 0.6) is 0 Å². The van der Waals surface area contributed by atoms with Gasteiger partial charge in [0.1, 0.15) is 0 Å². The Morgan fingerprint density at radius 3 is 2.64 bits per heavy atom. The van der Waals surface area contributed by atoms with Crippen molar-refractivity contribution in [1.29, 1.82) is 0 Å². The molecule has 2 saturated heterocycles. The number of hydrogen-bond acceptors (Lipinski definition) is 5. The summed E-state index contributed by atoms with van der Waals surface area (Å²) in [5.41, 5.74) is 0. The molecule has 0 spiro atoms. The number of carbonyl (C=O) groups is 1. The minimum absolute atomic E-state index is 0.00242. The molecule has 4 atom stereocenters. The van der Waals surface area contributed by atoms with E-state index >= 15 is 0 Å². The highest BCUT2D eigenvalue weighted by Crippen LogP contribution is 2.31. The lowest BCUT2D eigenvalue weighted by Crippen LogP contribution is -2.56. The Labute approximate surface area is 151 Å². The van der Waals surface area contributed by atoms with Gasteiger partial charge in [-0.05, 0) is 31.6 Å². The van der Waals surface area contributed by atoms with Crippen molar-refractivity contribution in [3.63, 3.8) is 0 Å². The van der Waals surface area contributed by atoms with Crippen LogP contribution in [-0.2, 0) is 14.3 Å². The maximum atomic E-state index is 12.0. The van der Waals surface area contributed by atoms with E-state index < -0.39 is 6.10 Å². The van der Waals surface area contributed by atoms with E-state index in [4.69, 9.17) is 9.47 Å². The van der Waals surface area contributed by atoms with Crippen LogP contribution in [0.15, 0.2) is 0 Å². The van der Waals surface area contributed by atoms with E-state index in [0.717, 1.165) is 25.3 Å². The second-order valence-electron chi connectivity index (χ2n) is 8.23. The quantitative estimate of drug-likeness (QED) is 0.824. The molecular formula is C19H34N2O4. The number of amides is 1. The van der Waals surface area contributed by atoms with Crippen molar-refractivity contribution in [2.24, 2.45) is 5.92 Å². The first-order chi connectivity index (χ1) is 12.0. The fourth-order valence-electron chi connectivity index (χ4n) is 4.56. The molecule has 2 heterocycles. The van der Waals surface area contributed by atoms with Crippen LogP contribution in [0.3, 0.4) is 0 Å². The largest absolute Gasteiger partial charge is 0.389 e. The normalized spacial score (nSPS) is 35.0. The van der Waals surface area contributed by atoms with Crippen molar-refractivity contribution in [3.8, 4) is 0 Å². The van der Waals surface area contributed by atoms with Crippen molar-refractivity contribution < 1.29 is 19.4 Å². The van der Waals surface area contributed by atoms with E-state index in [0.29, 0.717) is 32.2 Å². The van der Waals surface area contributed by atoms with Crippen molar-refractivity contribution in [2.45, 2.75) is 69.3 Å². The first-order valence-electron chi connectivity index (χ1n) is 9.88. The average molecular weight is 354 g/mol. The van der Waals surface area contributed by atoms with E-state index in [1.165, 1.54) is 25.7 Å². The molecule has 144 valence electrons. The summed E-state index contributed by atoms with van der Waals surface area (Å²) in [5.74, 6) is 0.870. The van der Waals surface area contributed by atoms with Crippen molar-refractivity contribution in [1.82, 2.24) is 9.80 Å². The zero-order valence-corrected chi connectivity index (χ0v) is 15.7. The fraction of sp³-hybridized carbons (Fsp3) is 0.947. The van der Waals surface area contributed by atoms with Gasteiger partial charge >= 0.3 is 0 Å². The maximum Gasteiger partial charge on any atom is 0.224 e. The number of ether oxygens (including phenoxy) is 2. The Morgan fingerprint density at radius 2 is 1.92 bits per heavy atom. The van der Waals surface area contributed by atoms with Gasteiger partial charge in [0.25, 0.3) is 0 Å². The molecule has 1 amide bonds. The van der Waals surface area contributed by atoms with Crippen LogP contribution < -0.4 is 0 Å². The lowest BCUT2D eigenvalue weighted by molar-refractivity contribution is -0.160. The third-order valence-corrected chi connectivity index (χ3v) is 5.96. The van der Waals surface area contributed by atoms with Gasteiger partial charge in [-0.1, -0.05) is 12.8 Å². The highest BCUT2D eigenvalue weighted by molar-refractivity contribution is 5.76. The molecule has 6 heteroatoms. The van der Waals surface area contributed by atoms with Gasteiger partial charge in [-0.2, -0.15) is 0 Å². The number of nitrogens with zero attached hydrogens (tertiary/aromatic N) is 2. The Kier molecular flexibility index (Phi) is 6.72. The number of carbonyl (C=O) groups excluding carboxylic acids is 1. The van der Waals surface area contributed by atoms with Gasteiger partial charge in [-0.3, -0.25) is 9.69 Å². The van der Waals surface area contributed by atoms with Crippen LogP contribution >= 0.6 is 0 Å². The molecule has 0 aromatic heterocycles. The van der Waals surface area contributed by atoms with Crippen molar-refractivity contribution >= 4 is 5.91 Å². The topological polar surface area (TPSA) is 62.2 Å². The Morgan fingerprint density at radius 1 is 1.16 bits per heavy atom. The first kappa shape index (κ1) is 19.1. The molecule has 3 fully saturated rings. The molecule has 6 nitrogen and oxygen atoms in total. The molecule has 1 N–H and O–H groups in total. The molecule has 0 bridgehead atoms. The van der Waals surface area contributed by atoms with E-state index in [1.807, 2.05) is 0 Å². The van der Waals surface area contributed by atoms with Gasteiger partial charge in [-0.15, -0.1) is 0 Å². The molecule has 1 saturated carbocycles. The molecule has 1 aliphatic carbocycles. The van der Waals surface area contributed by atoms with Gasteiger partial charge in [0.2, 0.25) is 5.91 Å². The third kappa shape index (κ3) is 5.16. The molecule has 0 unspecified atom stereocenters. The van der Waals surface area contributed by atoms with Crippen LogP contribution in [0, 0.1) is 5.92 Å². The molecule has 25 heavy (non-hydrogen) atoms. The standard InChI is InChI=1S/C19H34N2O4/c1-20(2)19(23)9-16-7-8-17-18(25-16)13-24-12-15(22)11-21(17)10-14-5-3-4-6-14/h14-18,22H,3-13H2,1-2H3/t15-,16-,17+,18-/m1/s1. The summed E-state index contributed by atoms with van der Waals surface area (Å²) in [4.78, 5) is 16.1. The third-order valence-electron chi connectivity index (χ3n) is 5.96. The number of fused-ring (bicyclic) bond motifs is 1. The van der Waals surface area contributed by atoms with Gasteiger partial charge in [0, 0.05) is 33.2 Å². The minimum Gasteiger partial charge on any atom is -0.389 e. The van der Waals surface area contributed by atoms with Gasteiger partial charge in [0.05, 0.1) is 37.9 Å². The van der Waals surface area contributed by atoms with Crippen molar-refractivity contribution in [3.05, 3.63) is 0 Å². The van der Waals surface area contributed by atoms with Crippen LogP contribution in [0.1, 0.15) is 44.9 Å². The highest BCUT2D eigenvalue weighted by atomic mass is 16.5. The SMILES string of the molecule is CN(C)C(=O)C[C@H]1CC[C@H]2[C@@H](COC[C@H](O)CN2CC2CCCC2)O1. The predicted octanol–water partition coefficient (Wildman–Crippen LogP) is 1.26. The molecule has 3 aliphatic rings. The van der Waals surface area contributed by atoms with Crippen LogP contribution in [0.4, 0.5) is 0 Å². The van der Waals surface area contributed by atoms with Crippen LogP contribution in [-0.4, -0.2) is 85.6 Å². The molecule has 0 aromatic carbocycles. The Bertz CT molecular complexity index is 439. The number of rotatable bonds is 4. The van der Waals surface area contributed by atoms with E-state index in [-0.39, 0.29) is 18.1 Å². The first-order valence-corrected chi connectivity index (χ1v) is 9.88. The summed E-state index contributed by atoms with van der Waals surface area (Å²) in [6.07, 6.45) is 7.21. The van der Waals surface area contributed by atoms with Gasteiger partial charge in [-0.25, -0.2) is 0 Å². The second kappa shape index (κ2) is 8.80. The minimum atomic E-state index is -0.421. The summed E-state index contributed by atoms with van der Waals surface area (Å²) in [6, 6.07) is 0.293. The number of aliphatic hydroxyl groups excluding tert-OH is 1. The molecule has 0 radical (unpaired) electrons. The summed E-state index contributed by atoms with van der Waals surface area (Å²) < 4.78 is 12.0. The van der Waals surface area contributed by atoms with E-state index in [9.17, 15) is 9.90 Å². The molecule has 2 aliphatic heterocycles. The average Bonchev–Trinajstić information content (AvgIpc) is 3.06. The summed E-state index contributed by atoms with van der Waals surface area (Å²) in [5, 5.41) is 10.2. The molecule has 0 aromatic rings. The summed E-state index contributed by atoms with van der Waals surface area (Å²) in [6.45, 7) is 2.61. The Hall–Kier alpha value is -0.690. The summed E-state index contributed by atoms with van der Waals surface area (Å²) in [7, 11) is 3.58. The molecular weight excluding hydrogens is 320 g/mol. The number of hydrogen-bond donors (Lipinski definition) is 1. The zero-order valence-electron chi connectivity index (χ0n) is 15.7. The van der Waals surface area contributed by atoms with Gasteiger partial charge in [0.15, 0.2) is 0 Å².